The van der Waals surface area contributed by atoms with Gasteiger partial charge in [0.25, 0.3) is 0 Å². The Morgan fingerprint density at radius 1 is 1.26 bits per heavy atom. The molecule has 1 aromatic rings. The summed E-state index contributed by atoms with van der Waals surface area (Å²) in [5, 5.41) is 10.7. The summed E-state index contributed by atoms with van der Waals surface area (Å²) in [6.45, 7) is 2.80. The van der Waals surface area contributed by atoms with Gasteiger partial charge in [-0.05, 0) is 36.3 Å². The lowest BCUT2D eigenvalue weighted by Crippen LogP contribution is -2.34. The fourth-order valence-electron chi connectivity index (χ4n) is 3.18. The molecule has 3 heteroatoms. The van der Waals surface area contributed by atoms with E-state index in [4.69, 9.17) is 5.73 Å². The van der Waals surface area contributed by atoms with Crippen molar-refractivity contribution in [1.82, 2.24) is 0 Å². The van der Waals surface area contributed by atoms with Crippen molar-refractivity contribution in [1.29, 1.82) is 0 Å². The van der Waals surface area contributed by atoms with Gasteiger partial charge in [0, 0.05) is 16.9 Å². The minimum Gasteiger partial charge on any atom is -0.392 e. The number of nitrogens with two attached hydrogens (primary N) is 1. The third kappa shape index (κ3) is 3.59. The Morgan fingerprint density at radius 3 is 2.47 bits per heavy atom. The van der Waals surface area contributed by atoms with Crippen LogP contribution in [0.25, 0.3) is 0 Å². The van der Waals surface area contributed by atoms with E-state index in [1.807, 2.05) is 18.2 Å². The molecule has 1 saturated carbocycles. The number of aliphatic hydroxyl groups is 1. The van der Waals surface area contributed by atoms with Gasteiger partial charge >= 0.3 is 0 Å². The van der Waals surface area contributed by atoms with Gasteiger partial charge in [0.2, 0.25) is 0 Å². The van der Waals surface area contributed by atoms with Gasteiger partial charge in [0.15, 0.2) is 0 Å². The molecule has 19 heavy (non-hydrogen) atoms. The molecule has 2 nitrogen and oxygen atoms in total. The van der Waals surface area contributed by atoms with E-state index in [2.05, 4.69) is 28.9 Å². The quantitative estimate of drug-likeness (QED) is 0.887. The Bertz CT molecular complexity index is 401. The highest BCUT2D eigenvalue weighted by Gasteiger charge is 2.31. The lowest BCUT2D eigenvalue weighted by atomic mass is 9.75. The zero-order valence-electron chi connectivity index (χ0n) is 11.6. The minimum absolute atomic E-state index is 0.0361. The predicted octanol–water partition coefficient (Wildman–Crippen LogP) is 3.68. The van der Waals surface area contributed by atoms with E-state index in [-0.39, 0.29) is 12.0 Å². The molecule has 0 aliphatic heterocycles. The van der Waals surface area contributed by atoms with E-state index in [9.17, 15) is 5.11 Å². The first-order chi connectivity index (χ1) is 9.13. The maximum absolute atomic E-state index is 10.7. The smallest absolute Gasteiger partial charge is 0.0649 e. The van der Waals surface area contributed by atoms with Crippen molar-refractivity contribution in [2.75, 3.05) is 6.54 Å². The molecule has 0 aromatic heterocycles. The second-order valence-electron chi connectivity index (χ2n) is 5.87. The van der Waals surface area contributed by atoms with E-state index < -0.39 is 0 Å². The summed E-state index contributed by atoms with van der Waals surface area (Å²) in [5.41, 5.74) is 7.06. The Hall–Kier alpha value is -0.380. The highest BCUT2D eigenvalue weighted by molar-refractivity contribution is 9.10. The van der Waals surface area contributed by atoms with Crippen molar-refractivity contribution in [3.05, 3.63) is 34.3 Å². The van der Waals surface area contributed by atoms with Crippen LogP contribution in [0.4, 0.5) is 0 Å². The maximum atomic E-state index is 10.7. The van der Waals surface area contributed by atoms with Crippen molar-refractivity contribution in [2.24, 2.45) is 17.6 Å². The van der Waals surface area contributed by atoms with Crippen molar-refractivity contribution >= 4 is 15.9 Å². The van der Waals surface area contributed by atoms with Crippen LogP contribution in [0.5, 0.6) is 0 Å². The lowest BCUT2D eigenvalue weighted by molar-refractivity contribution is 0.0547. The molecule has 0 radical (unpaired) electrons. The molecule has 0 saturated heterocycles. The third-order valence-electron chi connectivity index (χ3n) is 4.51. The molecule has 0 amide bonds. The molecule has 0 heterocycles. The van der Waals surface area contributed by atoms with E-state index in [0.29, 0.717) is 12.5 Å². The molecule has 2 rings (SSSR count). The van der Waals surface area contributed by atoms with Crippen molar-refractivity contribution < 1.29 is 5.11 Å². The fraction of sp³-hybridized carbons (Fsp3) is 0.625. The Kier molecular flexibility index (Phi) is 5.43. The number of hydrogen-bond acceptors (Lipinski definition) is 2. The number of rotatable bonds is 4. The summed E-state index contributed by atoms with van der Waals surface area (Å²) in [6.07, 6.45) is 4.40. The van der Waals surface area contributed by atoms with Gasteiger partial charge in [-0.3, -0.25) is 0 Å². The molecule has 106 valence electrons. The Morgan fingerprint density at radius 2 is 1.89 bits per heavy atom. The van der Waals surface area contributed by atoms with Gasteiger partial charge in [0.1, 0.15) is 0 Å². The average Bonchev–Trinajstić information content (AvgIpc) is 2.42. The molecular weight excluding hydrogens is 302 g/mol. The predicted molar refractivity (Wildman–Crippen MR) is 83.1 cm³/mol. The van der Waals surface area contributed by atoms with E-state index in [1.54, 1.807) is 0 Å². The number of halogens is 1. The van der Waals surface area contributed by atoms with Gasteiger partial charge in [-0.1, -0.05) is 53.9 Å². The maximum Gasteiger partial charge on any atom is 0.0649 e. The van der Waals surface area contributed by atoms with Crippen LogP contribution in [0.2, 0.25) is 0 Å². The number of benzene rings is 1. The summed E-state index contributed by atoms with van der Waals surface area (Å²) in [4.78, 5) is 0. The van der Waals surface area contributed by atoms with Crippen LogP contribution in [0, 0.1) is 11.8 Å². The van der Waals surface area contributed by atoms with Gasteiger partial charge in [-0.2, -0.15) is 0 Å². The number of aliphatic hydroxyl groups excluding tert-OH is 1. The van der Waals surface area contributed by atoms with Crippen molar-refractivity contribution in [3.63, 3.8) is 0 Å². The second-order valence-corrected chi connectivity index (χ2v) is 6.73. The third-order valence-corrected chi connectivity index (χ3v) is 5.24. The van der Waals surface area contributed by atoms with E-state index in [0.717, 1.165) is 28.8 Å². The lowest BCUT2D eigenvalue weighted by Gasteiger charge is -2.34. The molecule has 2 atom stereocenters. The zero-order chi connectivity index (χ0) is 13.8. The van der Waals surface area contributed by atoms with Crippen LogP contribution in [-0.4, -0.2) is 17.8 Å². The van der Waals surface area contributed by atoms with Gasteiger partial charge in [-0.25, -0.2) is 0 Å². The highest BCUT2D eigenvalue weighted by Crippen LogP contribution is 2.37. The summed E-state index contributed by atoms with van der Waals surface area (Å²) >= 11 is 3.57. The molecular formula is C16H24BrNO. The van der Waals surface area contributed by atoms with E-state index >= 15 is 0 Å². The Balaban J connectivity index is 2.11. The monoisotopic (exact) mass is 325 g/mol. The molecule has 1 fully saturated rings. The van der Waals surface area contributed by atoms with Gasteiger partial charge < -0.3 is 10.8 Å². The van der Waals surface area contributed by atoms with Crippen LogP contribution in [0.1, 0.15) is 44.1 Å². The first-order valence-electron chi connectivity index (χ1n) is 7.26. The van der Waals surface area contributed by atoms with Crippen LogP contribution < -0.4 is 5.73 Å². The van der Waals surface area contributed by atoms with Crippen LogP contribution in [-0.2, 0) is 0 Å². The molecule has 1 aliphatic carbocycles. The summed E-state index contributed by atoms with van der Waals surface area (Å²) in [6, 6.07) is 8.10. The first-order valence-corrected chi connectivity index (χ1v) is 8.05. The average molecular weight is 326 g/mol. The topological polar surface area (TPSA) is 46.2 Å². The number of hydrogen-bond donors (Lipinski definition) is 2. The Labute approximate surface area is 124 Å². The highest BCUT2D eigenvalue weighted by atomic mass is 79.9. The molecule has 3 N–H and O–H groups in total. The molecule has 0 spiro atoms. The standard InChI is InChI=1S/C16H24BrNO/c1-11-6-8-12(9-7-11)16(19)14(10-18)13-4-2-3-5-15(13)17/h2-5,11-12,14,16,19H,6-10,18H2,1H3. The summed E-state index contributed by atoms with van der Waals surface area (Å²) in [5.74, 6) is 1.24. The minimum atomic E-state index is -0.323. The van der Waals surface area contributed by atoms with Crippen molar-refractivity contribution in [2.45, 2.75) is 44.6 Å². The first kappa shape index (κ1) is 15.0. The van der Waals surface area contributed by atoms with E-state index in [1.165, 1.54) is 12.8 Å². The zero-order valence-corrected chi connectivity index (χ0v) is 13.1. The largest absolute Gasteiger partial charge is 0.392 e. The summed E-state index contributed by atoms with van der Waals surface area (Å²) in [7, 11) is 0. The normalized spacial score (nSPS) is 26.9. The van der Waals surface area contributed by atoms with Gasteiger partial charge in [0.05, 0.1) is 6.10 Å². The molecule has 2 unspecified atom stereocenters. The van der Waals surface area contributed by atoms with Gasteiger partial charge in [-0.15, -0.1) is 0 Å². The van der Waals surface area contributed by atoms with Crippen LogP contribution >= 0.6 is 15.9 Å². The second kappa shape index (κ2) is 6.87. The van der Waals surface area contributed by atoms with Crippen LogP contribution in [0.15, 0.2) is 28.7 Å². The molecule has 1 aliphatic rings. The molecule has 1 aromatic carbocycles. The SMILES string of the molecule is CC1CCC(C(O)C(CN)c2ccccc2Br)CC1. The summed E-state index contributed by atoms with van der Waals surface area (Å²) < 4.78 is 1.05. The van der Waals surface area contributed by atoms with Crippen LogP contribution in [0.3, 0.4) is 0 Å². The molecule has 0 bridgehead atoms. The van der Waals surface area contributed by atoms with Crippen molar-refractivity contribution in [3.8, 4) is 0 Å². The fourth-order valence-corrected chi connectivity index (χ4v) is 3.76.